The molecule has 0 aliphatic carbocycles. The molecule has 4 aromatic carbocycles. The third-order valence-electron chi connectivity index (χ3n) is 6.56. The molecule has 1 aliphatic rings. The van der Waals surface area contributed by atoms with E-state index in [-0.39, 0.29) is 0 Å². The van der Waals surface area contributed by atoms with Gasteiger partial charge in [-0.3, -0.25) is 8.90 Å². The first kappa shape index (κ1) is 17.8. The molecule has 3 nitrogen and oxygen atoms in total. The lowest BCUT2D eigenvalue weighted by Crippen LogP contribution is -2.23. The number of para-hydroxylation sites is 1. The fraction of sp³-hybridized carbons (Fsp3) is 0. The molecule has 0 saturated carbocycles. The number of aromatic nitrogens is 2. The highest BCUT2D eigenvalue weighted by atomic mass is 31.2. The summed E-state index contributed by atoms with van der Waals surface area (Å²) in [4.78, 5) is 0. The molecule has 152 valence electrons. The Bertz CT molecular complexity index is 1690. The zero-order valence-corrected chi connectivity index (χ0v) is 18.1. The summed E-state index contributed by atoms with van der Waals surface area (Å²) in [5, 5.41) is 3.96. The van der Waals surface area contributed by atoms with Crippen molar-refractivity contribution >= 4 is 39.7 Å². The van der Waals surface area contributed by atoms with E-state index in [9.17, 15) is 0 Å². The second-order valence-electron chi connectivity index (χ2n) is 8.24. The molecular formula is C28H19N2OP. The Balaban J connectivity index is 1.74. The normalized spacial score (nSPS) is 17.0. The van der Waals surface area contributed by atoms with Crippen molar-refractivity contribution in [3.8, 4) is 16.8 Å². The molecule has 1 aliphatic heterocycles. The van der Waals surface area contributed by atoms with Crippen LogP contribution >= 0.6 is 7.29 Å². The van der Waals surface area contributed by atoms with Crippen LogP contribution in [0, 0.1) is 0 Å². The lowest BCUT2D eigenvalue weighted by atomic mass is 10.0. The van der Waals surface area contributed by atoms with Crippen LogP contribution in [0.5, 0.6) is 0 Å². The number of fused-ring (bicyclic) bond motifs is 2. The molecule has 0 spiro atoms. The summed E-state index contributed by atoms with van der Waals surface area (Å²) in [5.41, 5.74) is 5.33. The van der Waals surface area contributed by atoms with Gasteiger partial charge in [0.25, 0.3) is 0 Å². The number of rotatable bonds is 2. The van der Waals surface area contributed by atoms with Gasteiger partial charge in [-0.15, -0.1) is 0 Å². The van der Waals surface area contributed by atoms with Gasteiger partial charge in [0.2, 0.25) is 7.29 Å². The second kappa shape index (κ2) is 6.35. The Kier molecular flexibility index (Phi) is 3.54. The maximum Gasteiger partial charge on any atom is 0.235 e. The zero-order chi connectivity index (χ0) is 21.3. The van der Waals surface area contributed by atoms with Crippen LogP contribution in [0.4, 0.5) is 0 Å². The SMILES string of the molecule is O=P1(c2ccccc2)c2ccccc2-n2ccc3ccc4c(-c5ccccc5)cn1c4c32. The molecule has 7 rings (SSSR count). The molecule has 0 fully saturated rings. The van der Waals surface area contributed by atoms with E-state index in [0.717, 1.165) is 49.2 Å². The van der Waals surface area contributed by atoms with Crippen molar-refractivity contribution < 1.29 is 4.57 Å². The van der Waals surface area contributed by atoms with Gasteiger partial charge >= 0.3 is 0 Å². The van der Waals surface area contributed by atoms with Crippen molar-refractivity contribution in [2.45, 2.75) is 0 Å². The highest BCUT2D eigenvalue weighted by Gasteiger charge is 2.37. The standard InChI is InChI=1S/C28H19N2OP/c31-32(22-11-5-2-6-12-22)26-14-8-7-13-25(26)29-18-17-21-15-16-23-24(20-9-3-1-4-10-20)19-30(32)28(23)27(21)29/h1-19H. The molecule has 1 unspecified atom stereocenters. The molecule has 0 N–H and O–H groups in total. The number of nitrogens with zero attached hydrogens (tertiary/aromatic N) is 2. The van der Waals surface area contributed by atoms with Crippen molar-refractivity contribution in [2.75, 3.05) is 0 Å². The van der Waals surface area contributed by atoms with Crippen molar-refractivity contribution in [3.63, 3.8) is 0 Å². The Morgan fingerprint density at radius 3 is 2.19 bits per heavy atom. The van der Waals surface area contributed by atoms with Gasteiger partial charge in [-0.05, 0) is 35.9 Å². The van der Waals surface area contributed by atoms with Crippen LogP contribution in [0.1, 0.15) is 0 Å². The fourth-order valence-corrected chi connectivity index (χ4v) is 8.00. The lowest BCUT2D eigenvalue weighted by molar-refractivity contribution is 0.583. The minimum absolute atomic E-state index is 0.840. The van der Waals surface area contributed by atoms with E-state index in [4.69, 9.17) is 0 Å². The average Bonchev–Trinajstić information content (AvgIpc) is 3.44. The van der Waals surface area contributed by atoms with Crippen LogP contribution in [0.15, 0.2) is 116 Å². The first-order valence-electron chi connectivity index (χ1n) is 10.7. The van der Waals surface area contributed by atoms with Crippen LogP contribution in [-0.4, -0.2) is 8.90 Å². The number of hydrogen-bond donors (Lipinski definition) is 0. The molecule has 6 aromatic rings. The van der Waals surface area contributed by atoms with Gasteiger partial charge < -0.3 is 4.57 Å². The summed E-state index contributed by atoms with van der Waals surface area (Å²) < 4.78 is 19.6. The highest BCUT2D eigenvalue weighted by Crippen LogP contribution is 2.53. The van der Waals surface area contributed by atoms with Gasteiger partial charge in [-0.2, -0.15) is 0 Å². The van der Waals surface area contributed by atoms with Crippen LogP contribution in [0.3, 0.4) is 0 Å². The van der Waals surface area contributed by atoms with E-state index in [0.29, 0.717) is 0 Å². The van der Waals surface area contributed by atoms with Gasteiger partial charge in [0.1, 0.15) is 0 Å². The highest BCUT2D eigenvalue weighted by molar-refractivity contribution is 7.77. The molecule has 0 radical (unpaired) electrons. The van der Waals surface area contributed by atoms with E-state index in [2.05, 4.69) is 69.8 Å². The van der Waals surface area contributed by atoms with E-state index in [1.165, 1.54) is 0 Å². The van der Waals surface area contributed by atoms with Crippen LogP contribution < -0.4 is 10.6 Å². The summed E-state index contributed by atoms with van der Waals surface area (Å²) in [6, 6.07) is 34.9. The summed E-state index contributed by atoms with van der Waals surface area (Å²) >= 11 is 0. The minimum atomic E-state index is -3.19. The molecule has 0 saturated heterocycles. The van der Waals surface area contributed by atoms with Gasteiger partial charge in [0, 0.05) is 34.0 Å². The third kappa shape index (κ3) is 2.19. The topological polar surface area (TPSA) is 26.9 Å². The van der Waals surface area contributed by atoms with E-state index in [1.54, 1.807) is 0 Å². The monoisotopic (exact) mass is 430 g/mol. The molecule has 0 bridgehead atoms. The van der Waals surface area contributed by atoms with Crippen molar-refractivity contribution in [3.05, 3.63) is 116 Å². The van der Waals surface area contributed by atoms with Gasteiger partial charge in [-0.25, -0.2) is 0 Å². The largest absolute Gasteiger partial charge is 0.314 e. The smallest absolute Gasteiger partial charge is 0.235 e. The van der Waals surface area contributed by atoms with Crippen molar-refractivity contribution in [1.29, 1.82) is 0 Å². The Morgan fingerprint density at radius 2 is 1.38 bits per heavy atom. The lowest BCUT2D eigenvalue weighted by Gasteiger charge is -2.22. The molecule has 4 heteroatoms. The minimum Gasteiger partial charge on any atom is -0.314 e. The summed E-state index contributed by atoms with van der Waals surface area (Å²) in [5.74, 6) is 0. The third-order valence-corrected chi connectivity index (χ3v) is 9.51. The molecule has 1 atom stereocenters. The number of hydrogen-bond acceptors (Lipinski definition) is 1. The molecule has 32 heavy (non-hydrogen) atoms. The van der Waals surface area contributed by atoms with Crippen LogP contribution in [-0.2, 0) is 4.57 Å². The molecular weight excluding hydrogens is 411 g/mol. The predicted molar refractivity (Wildman–Crippen MR) is 133 cm³/mol. The quantitative estimate of drug-likeness (QED) is 0.294. The summed E-state index contributed by atoms with van der Waals surface area (Å²) in [6.07, 6.45) is 4.20. The Labute approximate surface area is 185 Å². The van der Waals surface area contributed by atoms with Gasteiger partial charge in [-0.1, -0.05) is 72.8 Å². The Morgan fingerprint density at radius 1 is 0.656 bits per heavy atom. The molecule has 0 amide bonds. The molecule has 3 heterocycles. The fourth-order valence-electron chi connectivity index (χ4n) is 5.12. The van der Waals surface area contributed by atoms with Gasteiger partial charge in [0.15, 0.2) is 0 Å². The van der Waals surface area contributed by atoms with Gasteiger partial charge in [0.05, 0.1) is 22.0 Å². The zero-order valence-electron chi connectivity index (χ0n) is 17.2. The van der Waals surface area contributed by atoms with Crippen molar-refractivity contribution in [2.24, 2.45) is 0 Å². The van der Waals surface area contributed by atoms with E-state index in [1.807, 2.05) is 54.6 Å². The van der Waals surface area contributed by atoms with Crippen LogP contribution in [0.25, 0.3) is 38.6 Å². The maximum absolute atomic E-state index is 15.3. The summed E-state index contributed by atoms with van der Waals surface area (Å²) in [6.45, 7) is 0. The second-order valence-corrected chi connectivity index (χ2v) is 10.8. The Hall–Kier alpha value is -3.81. The summed E-state index contributed by atoms with van der Waals surface area (Å²) in [7, 11) is -3.19. The first-order chi connectivity index (χ1) is 15.8. The average molecular weight is 430 g/mol. The predicted octanol–water partition coefficient (Wildman–Crippen LogP) is 6.34. The van der Waals surface area contributed by atoms with E-state index < -0.39 is 7.29 Å². The van der Waals surface area contributed by atoms with Crippen LogP contribution in [0.2, 0.25) is 0 Å². The molecule has 2 aromatic heterocycles. The maximum atomic E-state index is 15.3. The number of benzene rings is 4. The van der Waals surface area contributed by atoms with E-state index >= 15 is 4.57 Å². The first-order valence-corrected chi connectivity index (χ1v) is 12.4. The van der Waals surface area contributed by atoms with Crippen molar-refractivity contribution in [1.82, 2.24) is 8.90 Å².